The van der Waals surface area contributed by atoms with E-state index in [9.17, 15) is 4.79 Å². The molecule has 0 unspecified atom stereocenters. The second kappa shape index (κ2) is 7.62. The summed E-state index contributed by atoms with van der Waals surface area (Å²) in [6.45, 7) is 0.323. The Hall–Kier alpha value is -2.50. The molecule has 4 rings (SSSR count). The Morgan fingerprint density at radius 2 is 2.04 bits per heavy atom. The van der Waals surface area contributed by atoms with Crippen molar-refractivity contribution >= 4 is 34.5 Å². The number of methoxy groups -OCH3 is 1. The number of rotatable bonds is 5. The van der Waals surface area contributed by atoms with Crippen molar-refractivity contribution in [3.8, 4) is 11.5 Å². The van der Waals surface area contributed by atoms with E-state index in [1.165, 1.54) is 0 Å². The van der Waals surface area contributed by atoms with Gasteiger partial charge in [0.25, 0.3) is 0 Å². The van der Waals surface area contributed by atoms with Gasteiger partial charge < -0.3 is 14.8 Å². The van der Waals surface area contributed by atoms with Crippen LogP contribution in [0.4, 0.5) is 5.69 Å². The number of hydrogen-bond donors (Lipinski definition) is 1. The predicted octanol–water partition coefficient (Wildman–Crippen LogP) is 5.46. The number of nitrogens with one attached hydrogen (secondary N) is 1. The van der Waals surface area contributed by atoms with Crippen molar-refractivity contribution in [1.82, 2.24) is 0 Å². The number of benzene rings is 2. The molecule has 138 valence electrons. The molecule has 2 aromatic carbocycles. The minimum Gasteiger partial charge on any atom is -0.493 e. The second-order valence-electron chi connectivity index (χ2n) is 6.26. The summed E-state index contributed by atoms with van der Waals surface area (Å²) in [7, 11) is 1.62. The Kier molecular flexibility index (Phi) is 5.05. The first-order valence-electron chi connectivity index (χ1n) is 8.57. The topological polar surface area (TPSA) is 47.6 Å². The molecule has 4 nitrogen and oxygen atoms in total. The van der Waals surface area contributed by atoms with Gasteiger partial charge in [0.2, 0.25) is 5.91 Å². The number of hydrogen-bond acceptors (Lipinski definition) is 4. The van der Waals surface area contributed by atoms with Gasteiger partial charge in [-0.3, -0.25) is 4.79 Å². The molecule has 1 aliphatic heterocycles. The van der Waals surface area contributed by atoms with E-state index in [0.29, 0.717) is 29.5 Å². The predicted molar refractivity (Wildman–Crippen MR) is 108 cm³/mol. The first-order valence-corrected chi connectivity index (χ1v) is 9.83. The van der Waals surface area contributed by atoms with E-state index in [-0.39, 0.29) is 11.8 Å². The average Bonchev–Trinajstić information content (AvgIpc) is 3.15. The highest BCUT2D eigenvalue weighted by Gasteiger charge is 2.30. The number of para-hydroxylation sites is 1. The van der Waals surface area contributed by atoms with Crippen LogP contribution >= 0.6 is 22.9 Å². The number of fused-ring (bicyclic) bond motifs is 1. The van der Waals surface area contributed by atoms with Crippen molar-refractivity contribution in [3.05, 3.63) is 74.9 Å². The van der Waals surface area contributed by atoms with E-state index >= 15 is 0 Å². The van der Waals surface area contributed by atoms with Crippen LogP contribution in [0, 0.1) is 0 Å². The molecule has 1 amide bonds. The fourth-order valence-corrected chi connectivity index (χ4v) is 4.47. The lowest BCUT2D eigenvalue weighted by atomic mass is 9.89. The van der Waals surface area contributed by atoms with Crippen molar-refractivity contribution in [2.24, 2.45) is 0 Å². The zero-order valence-electron chi connectivity index (χ0n) is 14.7. The molecule has 0 saturated carbocycles. The van der Waals surface area contributed by atoms with Crippen molar-refractivity contribution < 1.29 is 14.3 Å². The maximum atomic E-state index is 12.2. The van der Waals surface area contributed by atoms with Crippen molar-refractivity contribution in [3.63, 3.8) is 0 Å². The third-order valence-electron chi connectivity index (χ3n) is 4.61. The molecular weight excluding hydrogens is 382 g/mol. The molecule has 2 heterocycles. The third-order valence-corrected chi connectivity index (χ3v) is 6.01. The summed E-state index contributed by atoms with van der Waals surface area (Å²) in [5.74, 6) is 1.23. The van der Waals surface area contributed by atoms with Gasteiger partial charge >= 0.3 is 0 Å². The molecule has 3 aromatic rings. The van der Waals surface area contributed by atoms with Gasteiger partial charge in [0.15, 0.2) is 11.5 Å². The minimum atomic E-state index is -0.0647. The molecule has 0 spiro atoms. The molecule has 0 saturated heterocycles. The molecule has 1 aliphatic rings. The molecule has 1 atom stereocenters. The molecular formula is C21H18ClNO3S. The van der Waals surface area contributed by atoms with Crippen LogP contribution in [-0.2, 0) is 11.4 Å². The minimum absolute atomic E-state index is 0.00535. The van der Waals surface area contributed by atoms with Crippen LogP contribution in [-0.4, -0.2) is 13.0 Å². The maximum absolute atomic E-state index is 12.2. The zero-order valence-corrected chi connectivity index (χ0v) is 16.3. The lowest BCUT2D eigenvalue weighted by molar-refractivity contribution is -0.116. The van der Waals surface area contributed by atoms with Gasteiger partial charge in [-0.2, -0.15) is 0 Å². The SMILES string of the molecule is COc1cccc([C@@H]2CC(=O)Nc3ccsc32)c1OCc1ccccc1Cl. The van der Waals surface area contributed by atoms with Gasteiger partial charge in [0.1, 0.15) is 6.61 Å². The van der Waals surface area contributed by atoms with Crippen LogP contribution in [0.1, 0.15) is 28.3 Å². The van der Waals surface area contributed by atoms with E-state index in [0.717, 1.165) is 21.7 Å². The summed E-state index contributed by atoms with van der Waals surface area (Å²) in [5.41, 5.74) is 2.72. The summed E-state index contributed by atoms with van der Waals surface area (Å²) in [6.07, 6.45) is 0.378. The molecule has 27 heavy (non-hydrogen) atoms. The Morgan fingerprint density at radius 1 is 1.19 bits per heavy atom. The summed E-state index contributed by atoms with van der Waals surface area (Å²) < 4.78 is 11.7. The first kappa shape index (κ1) is 17.9. The van der Waals surface area contributed by atoms with Crippen LogP contribution in [0.25, 0.3) is 0 Å². The Balaban J connectivity index is 1.72. The van der Waals surface area contributed by atoms with E-state index in [4.69, 9.17) is 21.1 Å². The van der Waals surface area contributed by atoms with E-state index < -0.39 is 0 Å². The second-order valence-corrected chi connectivity index (χ2v) is 7.62. The van der Waals surface area contributed by atoms with Crippen LogP contribution in [0.15, 0.2) is 53.9 Å². The number of thiophene rings is 1. The number of amides is 1. The lowest BCUT2D eigenvalue weighted by Gasteiger charge is -2.25. The summed E-state index contributed by atoms with van der Waals surface area (Å²) >= 11 is 7.90. The monoisotopic (exact) mass is 399 g/mol. The summed E-state index contributed by atoms with van der Waals surface area (Å²) in [6, 6.07) is 15.3. The molecule has 6 heteroatoms. The lowest BCUT2D eigenvalue weighted by Crippen LogP contribution is -2.22. The fraction of sp³-hybridized carbons (Fsp3) is 0.190. The molecule has 1 N–H and O–H groups in total. The molecule has 1 aromatic heterocycles. The van der Waals surface area contributed by atoms with Crippen LogP contribution < -0.4 is 14.8 Å². The van der Waals surface area contributed by atoms with Gasteiger partial charge in [-0.1, -0.05) is 41.9 Å². The van der Waals surface area contributed by atoms with E-state index in [1.54, 1.807) is 18.4 Å². The normalized spacial score (nSPS) is 15.8. The van der Waals surface area contributed by atoms with Crippen LogP contribution in [0.5, 0.6) is 11.5 Å². The zero-order chi connectivity index (χ0) is 18.8. The molecule has 0 bridgehead atoms. The summed E-state index contributed by atoms with van der Waals surface area (Å²) in [5, 5.41) is 5.59. The third kappa shape index (κ3) is 3.53. The Bertz CT molecular complexity index is 985. The van der Waals surface area contributed by atoms with Gasteiger partial charge in [-0.05, 0) is 23.6 Å². The van der Waals surface area contributed by atoms with E-state index in [1.807, 2.05) is 53.9 Å². The number of anilines is 1. The molecule has 0 radical (unpaired) electrons. The van der Waals surface area contributed by atoms with E-state index in [2.05, 4.69) is 5.32 Å². The highest BCUT2D eigenvalue weighted by Crippen LogP contribution is 2.46. The van der Waals surface area contributed by atoms with Crippen molar-refractivity contribution in [2.75, 3.05) is 12.4 Å². The fourth-order valence-electron chi connectivity index (χ4n) is 3.31. The number of carbonyl (C=O) groups is 1. The number of carbonyl (C=O) groups excluding carboxylic acids is 1. The Morgan fingerprint density at radius 3 is 2.85 bits per heavy atom. The van der Waals surface area contributed by atoms with Crippen molar-refractivity contribution in [2.45, 2.75) is 18.9 Å². The smallest absolute Gasteiger partial charge is 0.225 e. The van der Waals surface area contributed by atoms with Gasteiger partial charge in [0.05, 0.1) is 12.8 Å². The molecule has 0 fully saturated rings. The Labute approximate surface area is 166 Å². The van der Waals surface area contributed by atoms with Crippen LogP contribution in [0.2, 0.25) is 5.02 Å². The largest absolute Gasteiger partial charge is 0.493 e. The van der Waals surface area contributed by atoms with Crippen LogP contribution in [0.3, 0.4) is 0 Å². The summed E-state index contributed by atoms with van der Waals surface area (Å²) in [4.78, 5) is 13.3. The molecule has 0 aliphatic carbocycles. The average molecular weight is 400 g/mol. The first-order chi connectivity index (χ1) is 13.2. The number of halogens is 1. The highest BCUT2D eigenvalue weighted by molar-refractivity contribution is 7.10. The van der Waals surface area contributed by atoms with Crippen molar-refractivity contribution in [1.29, 1.82) is 0 Å². The van der Waals surface area contributed by atoms with Gasteiger partial charge in [0, 0.05) is 33.4 Å². The van der Waals surface area contributed by atoms with Gasteiger partial charge in [-0.15, -0.1) is 11.3 Å². The quantitative estimate of drug-likeness (QED) is 0.619. The van der Waals surface area contributed by atoms with Gasteiger partial charge in [-0.25, -0.2) is 0 Å². The standard InChI is InChI=1S/C21H18ClNO3S/c1-25-18-8-4-6-14(15-11-19(24)23-17-9-10-27-21(15)17)20(18)26-12-13-5-2-3-7-16(13)22/h2-10,15H,11-12H2,1H3,(H,23,24)/t15-/m0/s1. The number of ether oxygens (including phenoxy) is 2. The maximum Gasteiger partial charge on any atom is 0.225 e. The highest BCUT2D eigenvalue weighted by atomic mass is 35.5.